The Labute approximate surface area is 156 Å². The van der Waals surface area contributed by atoms with Crippen molar-refractivity contribution in [2.24, 2.45) is 17.8 Å². The molecule has 4 nitrogen and oxygen atoms in total. The number of methoxy groups -OCH3 is 2. The maximum absolute atomic E-state index is 13.1. The second-order valence-corrected chi connectivity index (χ2v) is 8.52. The molecule has 0 heterocycles. The van der Waals surface area contributed by atoms with Crippen molar-refractivity contribution in [3.63, 3.8) is 0 Å². The predicted octanol–water partition coefficient (Wildman–Crippen LogP) is 4.13. The van der Waals surface area contributed by atoms with Gasteiger partial charge in [-0.15, -0.1) is 6.58 Å². The van der Waals surface area contributed by atoms with E-state index in [0.29, 0.717) is 23.5 Å². The van der Waals surface area contributed by atoms with Crippen LogP contribution in [0.5, 0.6) is 11.5 Å². The molecular weight excluding hydrogens is 326 g/mol. The minimum atomic E-state index is 0.0115. The van der Waals surface area contributed by atoms with E-state index >= 15 is 0 Å². The van der Waals surface area contributed by atoms with Crippen LogP contribution < -0.4 is 14.8 Å². The van der Waals surface area contributed by atoms with Crippen LogP contribution in [0.4, 0.5) is 0 Å². The fourth-order valence-electron chi connectivity index (χ4n) is 6.06. The van der Waals surface area contributed by atoms with Gasteiger partial charge < -0.3 is 14.8 Å². The first-order valence-electron chi connectivity index (χ1n) is 9.74. The van der Waals surface area contributed by atoms with Crippen molar-refractivity contribution >= 4 is 5.91 Å². The Morgan fingerprint density at radius 3 is 2.27 bits per heavy atom. The molecule has 5 rings (SSSR count). The van der Waals surface area contributed by atoms with Gasteiger partial charge in [0.25, 0.3) is 5.91 Å². The number of carbonyl (C=O) groups excluding carboxylic acids is 1. The molecule has 4 bridgehead atoms. The van der Waals surface area contributed by atoms with Crippen LogP contribution in [0.1, 0.15) is 54.4 Å². The van der Waals surface area contributed by atoms with Crippen LogP contribution in [0, 0.1) is 17.8 Å². The predicted molar refractivity (Wildman–Crippen MR) is 102 cm³/mol. The summed E-state index contributed by atoms with van der Waals surface area (Å²) in [5, 5.41) is 3.44. The Hall–Kier alpha value is -1.97. The summed E-state index contributed by atoms with van der Waals surface area (Å²) in [7, 11) is 3.23. The highest BCUT2D eigenvalue weighted by Gasteiger charge is 2.51. The molecule has 26 heavy (non-hydrogen) atoms. The van der Waals surface area contributed by atoms with Gasteiger partial charge in [0, 0.05) is 16.7 Å². The highest BCUT2D eigenvalue weighted by atomic mass is 16.5. The molecule has 4 saturated carbocycles. The summed E-state index contributed by atoms with van der Waals surface area (Å²) in [6.07, 6.45) is 10.0. The van der Waals surface area contributed by atoms with E-state index in [1.165, 1.54) is 19.3 Å². The van der Waals surface area contributed by atoms with Gasteiger partial charge in [0.05, 0.1) is 14.2 Å². The van der Waals surface area contributed by atoms with Crippen LogP contribution in [0.2, 0.25) is 0 Å². The molecule has 4 aliphatic rings. The number of carbonyl (C=O) groups is 1. The molecule has 4 fully saturated rings. The van der Waals surface area contributed by atoms with Crippen molar-refractivity contribution < 1.29 is 14.3 Å². The van der Waals surface area contributed by atoms with E-state index in [1.807, 2.05) is 12.1 Å². The number of benzene rings is 1. The third-order valence-corrected chi connectivity index (χ3v) is 6.60. The molecule has 0 radical (unpaired) electrons. The highest BCUT2D eigenvalue weighted by molar-refractivity contribution is 5.95. The third-order valence-electron chi connectivity index (χ3n) is 6.60. The van der Waals surface area contributed by atoms with Gasteiger partial charge in [-0.3, -0.25) is 4.79 Å². The quantitative estimate of drug-likeness (QED) is 0.781. The molecule has 4 aliphatic carbocycles. The van der Waals surface area contributed by atoms with Gasteiger partial charge >= 0.3 is 0 Å². The van der Waals surface area contributed by atoms with Gasteiger partial charge in [0.1, 0.15) is 0 Å². The second kappa shape index (κ2) is 6.64. The van der Waals surface area contributed by atoms with Crippen LogP contribution in [0.3, 0.4) is 0 Å². The number of ether oxygens (including phenoxy) is 2. The summed E-state index contributed by atoms with van der Waals surface area (Å²) in [6.45, 7) is 3.81. The smallest absolute Gasteiger partial charge is 0.251 e. The molecule has 140 valence electrons. The molecule has 0 saturated heterocycles. The second-order valence-electron chi connectivity index (χ2n) is 8.52. The molecule has 0 aliphatic heterocycles. The van der Waals surface area contributed by atoms with Gasteiger partial charge in [-0.25, -0.2) is 0 Å². The van der Waals surface area contributed by atoms with Crippen LogP contribution in [0.25, 0.3) is 0 Å². The minimum absolute atomic E-state index is 0.0115. The van der Waals surface area contributed by atoms with Crippen molar-refractivity contribution in [1.82, 2.24) is 5.32 Å². The number of rotatable bonds is 6. The lowest BCUT2D eigenvalue weighted by Gasteiger charge is -2.56. The Kier molecular flexibility index (Phi) is 4.45. The van der Waals surface area contributed by atoms with E-state index < -0.39 is 0 Å². The zero-order chi connectivity index (χ0) is 18.3. The van der Waals surface area contributed by atoms with Crippen molar-refractivity contribution in [3.8, 4) is 11.5 Å². The van der Waals surface area contributed by atoms with Gasteiger partial charge in [0.2, 0.25) is 0 Å². The first-order chi connectivity index (χ1) is 12.6. The summed E-state index contributed by atoms with van der Waals surface area (Å²) in [5.41, 5.74) is 1.59. The molecule has 1 amide bonds. The molecule has 1 aromatic carbocycles. The lowest BCUT2D eigenvalue weighted by molar-refractivity contribution is -0.0167. The van der Waals surface area contributed by atoms with Gasteiger partial charge in [-0.2, -0.15) is 0 Å². The number of hydrogen-bond acceptors (Lipinski definition) is 3. The summed E-state index contributed by atoms with van der Waals surface area (Å²) < 4.78 is 11.0. The first-order valence-corrected chi connectivity index (χ1v) is 9.74. The highest BCUT2D eigenvalue weighted by Crippen LogP contribution is 2.55. The number of nitrogens with one attached hydrogen (secondary N) is 1. The molecule has 0 unspecified atom stereocenters. The Bertz CT molecular complexity index is 689. The van der Waals surface area contributed by atoms with Crippen LogP contribution in [-0.2, 0) is 6.42 Å². The molecule has 0 atom stereocenters. The number of amides is 1. The standard InChI is InChI=1S/C22H29NO3/c1-4-5-17-9-18(10-19(25-2)20(17)26-3)21(24)23-22-11-14-6-15(12-22)8-16(7-14)13-22/h4,9-10,14-16H,1,5-8,11-13H2,2-3H3,(H,23,24). The van der Waals surface area contributed by atoms with Gasteiger partial charge in [-0.1, -0.05) is 6.08 Å². The minimum Gasteiger partial charge on any atom is -0.493 e. The Morgan fingerprint density at radius 2 is 1.77 bits per heavy atom. The Balaban J connectivity index is 1.60. The largest absolute Gasteiger partial charge is 0.493 e. The lowest BCUT2D eigenvalue weighted by Crippen LogP contribution is -2.59. The van der Waals surface area contributed by atoms with E-state index in [2.05, 4.69) is 11.9 Å². The zero-order valence-electron chi connectivity index (χ0n) is 15.8. The molecular formula is C22H29NO3. The number of allylic oxidation sites excluding steroid dienone is 1. The average molecular weight is 355 g/mol. The molecule has 1 N–H and O–H groups in total. The SMILES string of the molecule is C=CCc1cc(C(=O)NC23CC4CC(CC(C4)C2)C3)cc(OC)c1OC. The van der Waals surface area contributed by atoms with E-state index in [0.717, 1.165) is 42.6 Å². The fourth-order valence-corrected chi connectivity index (χ4v) is 6.06. The van der Waals surface area contributed by atoms with E-state index in [4.69, 9.17) is 9.47 Å². The monoisotopic (exact) mass is 355 g/mol. The van der Waals surface area contributed by atoms with Gasteiger partial charge in [-0.05, 0) is 74.8 Å². The average Bonchev–Trinajstić information content (AvgIpc) is 2.59. The summed E-state index contributed by atoms with van der Waals surface area (Å²) in [4.78, 5) is 13.1. The van der Waals surface area contributed by atoms with E-state index in [9.17, 15) is 4.79 Å². The summed E-state index contributed by atoms with van der Waals surface area (Å²) >= 11 is 0. The van der Waals surface area contributed by atoms with Crippen molar-refractivity contribution in [3.05, 3.63) is 35.9 Å². The van der Waals surface area contributed by atoms with Crippen molar-refractivity contribution in [2.45, 2.75) is 50.5 Å². The van der Waals surface area contributed by atoms with Crippen LogP contribution in [0.15, 0.2) is 24.8 Å². The maximum Gasteiger partial charge on any atom is 0.251 e. The summed E-state index contributed by atoms with van der Waals surface area (Å²) in [6, 6.07) is 3.71. The summed E-state index contributed by atoms with van der Waals surface area (Å²) in [5.74, 6) is 3.72. The molecule has 4 heteroatoms. The molecule has 0 aromatic heterocycles. The zero-order valence-corrected chi connectivity index (χ0v) is 15.8. The molecule has 0 spiro atoms. The van der Waals surface area contributed by atoms with Crippen LogP contribution >= 0.6 is 0 Å². The maximum atomic E-state index is 13.1. The number of hydrogen-bond donors (Lipinski definition) is 1. The third kappa shape index (κ3) is 3.00. The van der Waals surface area contributed by atoms with E-state index in [-0.39, 0.29) is 11.4 Å². The van der Waals surface area contributed by atoms with Crippen molar-refractivity contribution in [1.29, 1.82) is 0 Å². The first kappa shape index (κ1) is 17.4. The lowest BCUT2D eigenvalue weighted by atomic mass is 9.53. The van der Waals surface area contributed by atoms with Crippen LogP contribution in [-0.4, -0.2) is 25.7 Å². The normalized spacial score (nSPS) is 31.5. The van der Waals surface area contributed by atoms with Crippen molar-refractivity contribution in [2.75, 3.05) is 14.2 Å². The van der Waals surface area contributed by atoms with E-state index in [1.54, 1.807) is 20.3 Å². The molecule has 1 aromatic rings. The Morgan fingerprint density at radius 1 is 1.15 bits per heavy atom. The van der Waals surface area contributed by atoms with Gasteiger partial charge in [0.15, 0.2) is 11.5 Å². The fraction of sp³-hybridized carbons (Fsp3) is 0.591. The topological polar surface area (TPSA) is 47.6 Å².